The fraction of sp³-hybridized carbons (Fsp3) is 0.125. The Morgan fingerprint density at radius 3 is 2.58 bits per heavy atom. The molecule has 0 fully saturated rings. The van der Waals surface area contributed by atoms with E-state index < -0.39 is 6.04 Å². The molecule has 2 aromatic carbocycles. The maximum atomic E-state index is 13.0. The third-order valence-corrected chi connectivity index (χ3v) is 5.18. The third kappa shape index (κ3) is 4.87. The van der Waals surface area contributed by atoms with Gasteiger partial charge in [-0.05, 0) is 52.4 Å². The van der Waals surface area contributed by atoms with Crippen LogP contribution in [-0.4, -0.2) is 35.5 Å². The number of amides is 1. The van der Waals surface area contributed by atoms with Gasteiger partial charge in [0.25, 0.3) is 0 Å². The van der Waals surface area contributed by atoms with Gasteiger partial charge in [-0.1, -0.05) is 36.4 Å². The molecule has 0 bridgehead atoms. The van der Waals surface area contributed by atoms with Crippen LogP contribution >= 0.6 is 0 Å². The first-order valence-corrected chi connectivity index (χ1v) is 10.5. The first-order valence-electron chi connectivity index (χ1n) is 10.5. The molecule has 33 heavy (non-hydrogen) atoms. The van der Waals surface area contributed by atoms with E-state index in [0.717, 1.165) is 16.9 Å². The standard InChI is InChI=1S/C24H21N7O2/c32-24(22(31-17-25-28-29-31)14-18-6-2-1-3-7-18)27-19-9-11-21(12-10-19)33-16-20-15-30-13-5-4-8-23(30)26-20/h1-13,15,17,22H,14,16H2,(H,27,32). The van der Waals surface area contributed by atoms with Crippen LogP contribution in [0.15, 0.2) is 91.5 Å². The maximum Gasteiger partial charge on any atom is 0.249 e. The molecule has 0 saturated carbocycles. The van der Waals surface area contributed by atoms with Crippen LogP contribution in [0.25, 0.3) is 5.65 Å². The Labute approximate surface area is 189 Å². The fourth-order valence-electron chi connectivity index (χ4n) is 3.53. The van der Waals surface area contributed by atoms with Gasteiger partial charge in [-0.25, -0.2) is 9.67 Å². The van der Waals surface area contributed by atoms with Crippen LogP contribution in [0.5, 0.6) is 5.75 Å². The molecular formula is C24H21N7O2. The highest BCUT2D eigenvalue weighted by atomic mass is 16.5. The molecule has 3 heterocycles. The topological polar surface area (TPSA) is 99.2 Å². The molecule has 3 aromatic heterocycles. The summed E-state index contributed by atoms with van der Waals surface area (Å²) in [6.07, 6.45) is 5.81. The van der Waals surface area contributed by atoms with Crippen LogP contribution in [0.1, 0.15) is 17.3 Å². The second-order valence-electron chi connectivity index (χ2n) is 7.50. The number of pyridine rings is 1. The number of nitrogens with one attached hydrogen (secondary N) is 1. The number of carbonyl (C=O) groups excluding carboxylic acids is 1. The fourth-order valence-corrected chi connectivity index (χ4v) is 3.53. The van der Waals surface area contributed by atoms with Crippen LogP contribution in [0, 0.1) is 0 Å². The SMILES string of the molecule is O=C(Nc1ccc(OCc2cn3ccccc3n2)cc1)C(Cc1ccccc1)n1cnnn1. The van der Waals surface area contributed by atoms with E-state index in [2.05, 4.69) is 25.8 Å². The van der Waals surface area contributed by atoms with Gasteiger partial charge in [0, 0.05) is 24.5 Å². The highest BCUT2D eigenvalue weighted by Gasteiger charge is 2.22. The summed E-state index contributed by atoms with van der Waals surface area (Å²) in [5, 5.41) is 14.2. The minimum atomic E-state index is -0.576. The molecule has 0 aliphatic carbocycles. The van der Waals surface area contributed by atoms with Gasteiger partial charge in [0.1, 0.15) is 30.4 Å². The molecule has 1 unspecified atom stereocenters. The number of carbonyl (C=O) groups is 1. The van der Waals surface area contributed by atoms with E-state index in [0.29, 0.717) is 24.5 Å². The molecular weight excluding hydrogens is 418 g/mol. The van der Waals surface area contributed by atoms with Gasteiger partial charge in [-0.3, -0.25) is 4.79 Å². The van der Waals surface area contributed by atoms with Crippen molar-refractivity contribution in [2.45, 2.75) is 19.1 Å². The summed E-state index contributed by atoms with van der Waals surface area (Å²) in [5.74, 6) is 0.482. The molecule has 0 aliphatic heterocycles. The predicted molar refractivity (Wildman–Crippen MR) is 122 cm³/mol. The Kier molecular flexibility index (Phi) is 5.75. The number of anilines is 1. The monoisotopic (exact) mass is 439 g/mol. The van der Waals surface area contributed by atoms with E-state index in [9.17, 15) is 4.79 Å². The van der Waals surface area contributed by atoms with Crippen LogP contribution < -0.4 is 10.1 Å². The highest BCUT2D eigenvalue weighted by Crippen LogP contribution is 2.20. The van der Waals surface area contributed by atoms with Crippen LogP contribution in [0.4, 0.5) is 5.69 Å². The normalized spacial score (nSPS) is 11.9. The lowest BCUT2D eigenvalue weighted by atomic mass is 10.1. The molecule has 9 nitrogen and oxygen atoms in total. The molecule has 0 spiro atoms. The van der Waals surface area contributed by atoms with Gasteiger partial charge >= 0.3 is 0 Å². The molecule has 5 rings (SSSR count). The van der Waals surface area contributed by atoms with E-state index in [1.165, 1.54) is 11.0 Å². The van der Waals surface area contributed by atoms with Crippen molar-refractivity contribution in [2.24, 2.45) is 0 Å². The molecule has 5 aromatic rings. The Morgan fingerprint density at radius 1 is 1.00 bits per heavy atom. The van der Waals surface area contributed by atoms with Gasteiger partial charge in [0.2, 0.25) is 5.91 Å². The van der Waals surface area contributed by atoms with Crippen molar-refractivity contribution in [1.82, 2.24) is 29.6 Å². The first kappa shape index (κ1) is 20.4. The molecule has 0 saturated heterocycles. The molecule has 164 valence electrons. The number of benzene rings is 2. The number of imidazole rings is 1. The predicted octanol–water partition coefficient (Wildman–Crippen LogP) is 3.32. The number of hydrogen-bond acceptors (Lipinski definition) is 6. The molecule has 0 radical (unpaired) electrons. The summed E-state index contributed by atoms with van der Waals surface area (Å²) in [6, 6.07) is 22.3. The highest BCUT2D eigenvalue weighted by molar-refractivity contribution is 5.93. The number of tetrazole rings is 1. The molecule has 1 atom stereocenters. The van der Waals surface area contributed by atoms with Crippen molar-refractivity contribution in [3.8, 4) is 5.75 Å². The summed E-state index contributed by atoms with van der Waals surface area (Å²) < 4.78 is 9.27. The van der Waals surface area contributed by atoms with Gasteiger partial charge < -0.3 is 14.5 Å². The Morgan fingerprint density at radius 2 is 1.82 bits per heavy atom. The van der Waals surface area contributed by atoms with Crippen molar-refractivity contribution in [1.29, 1.82) is 0 Å². The van der Waals surface area contributed by atoms with E-state index >= 15 is 0 Å². The van der Waals surface area contributed by atoms with E-state index in [-0.39, 0.29) is 5.91 Å². The lowest BCUT2D eigenvalue weighted by molar-refractivity contribution is -0.119. The summed E-state index contributed by atoms with van der Waals surface area (Å²) in [7, 11) is 0. The van der Waals surface area contributed by atoms with E-state index in [1.54, 1.807) is 12.1 Å². The first-order chi connectivity index (χ1) is 16.2. The lowest BCUT2D eigenvalue weighted by Gasteiger charge is -2.16. The van der Waals surface area contributed by atoms with Crippen molar-refractivity contribution < 1.29 is 9.53 Å². The number of fused-ring (bicyclic) bond motifs is 1. The Bertz CT molecular complexity index is 1300. The van der Waals surface area contributed by atoms with Crippen LogP contribution in [-0.2, 0) is 17.8 Å². The second kappa shape index (κ2) is 9.31. The Hall–Kier alpha value is -4.53. The third-order valence-electron chi connectivity index (χ3n) is 5.18. The Balaban J connectivity index is 1.23. The molecule has 1 amide bonds. The summed E-state index contributed by atoms with van der Waals surface area (Å²) in [6.45, 7) is 0.353. The number of rotatable bonds is 8. The zero-order chi connectivity index (χ0) is 22.5. The number of aromatic nitrogens is 6. The number of ether oxygens (including phenoxy) is 1. The van der Waals surface area contributed by atoms with Crippen molar-refractivity contribution in [2.75, 3.05) is 5.32 Å². The quantitative estimate of drug-likeness (QED) is 0.398. The van der Waals surface area contributed by atoms with Crippen LogP contribution in [0.2, 0.25) is 0 Å². The molecule has 1 N–H and O–H groups in total. The number of hydrogen-bond donors (Lipinski definition) is 1. The lowest BCUT2D eigenvalue weighted by Crippen LogP contribution is -2.28. The zero-order valence-electron chi connectivity index (χ0n) is 17.7. The molecule has 9 heteroatoms. The number of nitrogens with zero attached hydrogens (tertiary/aromatic N) is 6. The minimum Gasteiger partial charge on any atom is -0.487 e. The zero-order valence-corrected chi connectivity index (χ0v) is 17.7. The van der Waals surface area contributed by atoms with Gasteiger partial charge in [-0.2, -0.15) is 0 Å². The van der Waals surface area contributed by atoms with E-state index in [1.807, 2.05) is 77.5 Å². The van der Waals surface area contributed by atoms with Crippen LogP contribution in [0.3, 0.4) is 0 Å². The smallest absolute Gasteiger partial charge is 0.249 e. The van der Waals surface area contributed by atoms with Gasteiger partial charge in [0.15, 0.2) is 0 Å². The second-order valence-corrected chi connectivity index (χ2v) is 7.50. The largest absolute Gasteiger partial charge is 0.487 e. The maximum absolute atomic E-state index is 13.0. The van der Waals surface area contributed by atoms with Crippen molar-refractivity contribution in [3.63, 3.8) is 0 Å². The average Bonchev–Trinajstić information content (AvgIpc) is 3.52. The summed E-state index contributed by atoms with van der Waals surface area (Å²) >= 11 is 0. The van der Waals surface area contributed by atoms with Crippen molar-refractivity contribution >= 4 is 17.2 Å². The van der Waals surface area contributed by atoms with Gasteiger partial charge in [0.05, 0.1) is 5.69 Å². The minimum absolute atomic E-state index is 0.204. The summed E-state index contributed by atoms with van der Waals surface area (Å²) in [5.41, 5.74) is 3.39. The van der Waals surface area contributed by atoms with E-state index in [4.69, 9.17) is 4.74 Å². The van der Waals surface area contributed by atoms with Gasteiger partial charge in [-0.15, -0.1) is 5.10 Å². The van der Waals surface area contributed by atoms with Crippen molar-refractivity contribution in [3.05, 3.63) is 103 Å². The average molecular weight is 439 g/mol. The summed E-state index contributed by atoms with van der Waals surface area (Å²) in [4.78, 5) is 17.6. The molecule has 0 aliphatic rings.